The van der Waals surface area contributed by atoms with Crippen molar-refractivity contribution in [2.45, 2.75) is 133 Å². The van der Waals surface area contributed by atoms with E-state index in [1.165, 1.54) is 44.9 Å². The summed E-state index contributed by atoms with van der Waals surface area (Å²) in [6.45, 7) is 12.3. The molecule has 10 N–H and O–H groups in total. The number of nitrogens with one attached hydrogen (secondary N) is 3. The van der Waals surface area contributed by atoms with Crippen molar-refractivity contribution < 1.29 is 171 Å². The first-order chi connectivity index (χ1) is 43.8. The second-order valence-corrected chi connectivity index (χ2v) is 25.7. The number of amides is 5. The van der Waals surface area contributed by atoms with Gasteiger partial charge in [0.1, 0.15) is 36.3 Å². The van der Waals surface area contributed by atoms with Crippen LogP contribution in [0.4, 0.5) is 13.2 Å². The largest absolute Gasteiger partial charge is 1.00 e. The van der Waals surface area contributed by atoms with E-state index in [0.29, 0.717) is 74.0 Å². The molecule has 0 bridgehead atoms. The number of benzene rings is 5. The van der Waals surface area contributed by atoms with Crippen molar-refractivity contribution in [3.8, 4) is 0 Å². The molecule has 2 aromatic heterocycles. The Balaban J connectivity index is 0.00000126. The number of carbonyl (C=O) groups is 8. The van der Waals surface area contributed by atoms with Crippen LogP contribution in [0.2, 0.25) is 15.1 Å². The molecule has 3 aliphatic carbocycles. The Morgan fingerprint density at radius 2 is 1.07 bits per heavy atom. The maximum atomic E-state index is 14.1. The average molecular weight is 1530 g/mol. The minimum Gasteiger partial charge on any atom is -1.00 e. The molecule has 97 heavy (non-hydrogen) atoms. The van der Waals surface area contributed by atoms with Gasteiger partial charge in [-0.15, -0.1) is 0 Å². The van der Waals surface area contributed by atoms with Gasteiger partial charge in [0.05, 0.1) is 44.5 Å². The molecule has 0 spiro atoms. The number of primary amides is 2. The summed E-state index contributed by atoms with van der Waals surface area (Å²) in [5.74, 6) is -4.66. The third-order valence-electron chi connectivity index (χ3n) is 15.3. The Kier molecular flexibility index (Phi) is 39.0. The van der Waals surface area contributed by atoms with Crippen LogP contribution in [-0.4, -0.2) is 114 Å². The van der Waals surface area contributed by atoms with Gasteiger partial charge in [-0.05, 0) is 77.8 Å². The fraction of sp³-hybridized carbons (Fsp3) is 0.394. The zero-order valence-electron chi connectivity index (χ0n) is 54.8. The normalized spacial score (nSPS) is 15.5. The van der Waals surface area contributed by atoms with Crippen molar-refractivity contribution in [2.75, 3.05) is 18.4 Å². The SMILES string of the molecule is C.C.CC1(C)CC1N.CC1(C)CC1N(CC(=O)NCc1cccc(Cl)c1F)C(=O)Cn1nc(C(N)=O)c2ccccc21.CC1(C)CC1NCC(=O)NCc1cccc(Cl)c1F.NC(=O)c1nn(CC(=O)O)c2ccccc12.O=C(CBr)CCc1cccc(Cl)c1F.O=CO[O-].[H-].[K+].[K+]. The topological polar surface area (TPSA) is 342 Å². The Morgan fingerprint density at radius 3 is 1.44 bits per heavy atom. The van der Waals surface area contributed by atoms with Gasteiger partial charge in [-0.3, -0.25) is 47.7 Å². The first-order valence-corrected chi connectivity index (χ1v) is 31.2. The molecule has 3 aliphatic rings. The molecule has 0 saturated heterocycles. The number of carboxylic acid groups (broad SMARTS) is 1. The first kappa shape index (κ1) is 90.3. The zero-order valence-corrected chi connectivity index (χ0v) is 63.9. The quantitative estimate of drug-likeness (QED) is 0.0178. The number of Topliss-reactive ketones (excluding diaryl/α,β-unsaturated/α-hetero) is 1. The number of hydrogen-bond acceptors (Lipinski definition) is 14. The fourth-order valence-corrected chi connectivity index (χ4v) is 10.1. The summed E-state index contributed by atoms with van der Waals surface area (Å²) in [5.41, 5.74) is 19.3. The summed E-state index contributed by atoms with van der Waals surface area (Å²) in [4.78, 5) is 94.9. The fourth-order valence-electron chi connectivity index (χ4n) is 9.20. The zero-order chi connectivity index (χ0) is 69.1. The van der Waals surface area contributed by atoms with Gasteiger partial charge in [-0.2, -0.15) is 10.2 Å². The van der Waals surface area contributed by atoms with E-state index < -0.39 is 41.1 Å². The van der Waals surface area contributed by atoms with Crippen molar-refractivity contribution in [3.05, 3.63) is 164 Å². The van der Waals surface area contributed by atoms with Crippen LogP contribution in [0.5, 0.6) is 0 Å². The minimum atomic E-state index is -1.02. The van der Waals surface area contributed by atoms with Gasteiger partial charge in [-0.1, -0.05) is 180 Å². The van der Waals surface area contributed by atoms with Gasteiger partial charge >= 0.3 is 109 Å². The molecule has 3 atom stereocenters. The second kappa shape index (κ2) is 41.9. The van der Waals surface area contributed by atoms with Gasteiger partial charge in [0.15, 0.2) is 11.4 Å². The van der Waals surface area contributed by atoms with Gasteiger partial charge < -0.3 is 54.7 Å². The molecule has 5 amide bonds. The van der Waals surface area contributed by atoms with Crippen LogP contribution >= 0.6 is 50.7 Å². The van der Waals surface area contributed by atoms with Crippen LogP contribution in [0.3, 0.4) is 0 Å². The van der Waals surface area contributed by atoms with Crippen LogP contribution in [0.15, 0.2) is 103 Å². The number of hydrogen-bond donors (Lipinski definition) is 7. The molecule has 7 aromatic rings. The van der Waals surface area contributed by atoms with Gasteiger partial charge in [-0.25, -0.2) is 13.2 Å². The summed E-state index contributed by atoms with van der Waals surface area (Å²) in [7, 11) is 0. The average Bonchev–Trinajstić information content (AvgIpc) is 1.61. The molecule has 518 valence electrons. The van der Waals surface area contributed by atoms with Crippen molar-refractivity contribution >= 4 is 120 Å². The minimum absolute atomic E-state index is 0. The summed E-state index contributed by atoms with van der Waals surface area (Å²) >= 11 is 20.1. The monoisotopic (exact) mass is 1520 g/mol. The molecular formula is C66H82BrCl3F3K2N11O11. The molecule has 0 aliphatic heterocycles. The number of alkyl halides is 1. The maximum absolute atomic E-state index is 14.1. The number of carbonyl (C=O) groups excluding carboxylic acids is 7. The van der Waals surface area contributed by atoms with Crippen LogP contribution in [0.25, 0.3) is 21.8 Å². The molecule has 5 aromatic carbocycles. The van der Waals surface area contributed by atoms with E-state index in [0.717, 1.165) is 12.8 Å². The van der Waals surface area contributed by atoms with Crippen molar-refractivity contribution in [1.82, 2.24) is 40.4 Å². The second-order valence-electron chi connectivity index (χ2n) is 23.9. The Bertz CT molecular complexity index is 3860. The van der Waals surface area contributed by atoms with E-state index in [9.17, 15) is 46.7 Å². The van der Waals surface area contributed by atoms with E-state index in [4.69, 9.17) is 67.2 Å². The van der Waals surface area contributed by atoms with Crippen LogP contribution < -0.4 is 141 Å². The molecule has 3 fully saturated rings. The number of aliphatic carboxylic acids is 1. The molecule has 3 unspecified atom stereocenters. The Hall–Kier alpha value is -4.71. The Labute approximate surface area is 672 Å². The Morgan fingerprint density at radius 1 is 0.680 bits per heavy atom. The number of aromatic nitrogens is 4. The number of halogens is 7. The molecule has 31 heteroatoms. The molecular weight excluding hydrogens is 1440 g/mol. The number of ketones is 1. The third kappa shape index (κ3) is 28.0. The van der Waals surface area contributed by atoms with E-state index in [2.05, 4.69) is 74.7 Å². The van der Waals surface area contributed by atoms with Gasteiger partial charge in [0.2, 0.25) is 17.7 Å². The van der Waals surface area contributed by atoms with Crippen molar-refractivity contribution in [1.29, 1.82) is 0 Å². The smallest absolute Gasteiger partial charge is 1.00 e. The third-order valence-corrected chi connectivity index (χ3v) is 16.8. The standard InChI is InChI=1S/C24H25ClFN5O3.C14H18ClFN2O.C10H9BrClFO.C10H9N3O3.C5H11N.CH2O3.2CH4.2K.H/c1-24(2)10-18(24)30(12-19(32)28-11-14-6-5-8-16(25)21(14)26)20(33)13-31-17-9-4-3-7-15(17)22(29-31)23(27)34;1-14(2)6-11(14)17-8-12(19)18-7-9-4-3-5-10(15)13(9)16;11-6-8(14)5-4-7-2-1-3-9(12)10(7)13;11-10(16)9-6-3-1-2-4-7(6)13(12-9)5-8(14)15;1-5(2)3-4(5)6;2-1-4-3;;;;;/h3-9,18H,10-13H2,1-2H3,(H2,27,34)(H,28,32);3-5,11,17H,6-8H2,1-2H3,(H,18,19);1-3H,4-6H2;1-4H,5H2,(H2,11,16)(H,14,15);4H,3,6H2,1-2H3;1,3H;2*1H4;;;/q;;;;;;;;2*+1;-1/p-1. The van der Waals surface area contributed by atoms with E-state index >= 15 is 0 Å². The maximum Gasteiger partial charge on any atom is 1.00 e. The number of nitrogens with zero attached hydrogens (tertiary/aromatic N) is 5. The summed E-state index contributed by atoms with van der Waals surface area (Å²) < 4.78 is 43.7. The van der Waals surface area contributed by atoms with Crippen LogP contribution in [0.1, 0.15) is 121 Å². The van der Waals surface area contributed by atoms with Crippen LogP contribution in [0, 0.1) is 33.7 Å². The number of rotatable bonds is 21. The van der Waals surface area contributed by atoms with E-state index in [1.807, 2.05) is 13.8 Å². The summed E-state index contributed by atoms with van der Waals surface area (Å²) in [6.07, 6.45) is 3.79. The predicted octanol–water partition coefficient (Wildman–Crippen LogP) is 3.52. The number of aryl methyl sites for hydroxylation is 1. The number of carboxylic acids is 1. The molecule has 2 heterocycles. The molecule has 10 rings (SSSR count). The first-order valence-electron chi connectivity index (χ1n) is 28.9. The van der Waals surface area contributed by atoms with Crippen molar-refractivity contribution in [3.63, 3.8) is 0 Å². The van der Waals surface area contributed by atoms with Crippen molar-refractivity contribution in [2.24, 2.45) is 33.4 Å². The molecule has 0 radical (unpaired) electrons. The molecule has 22 nitrogen and oxygen atoms in total. The van der Waals surface area contributed by atoms with Gasteiger partial charge in [0, 0.05) is 59.5 Å². The summed E-state index contributed by atoms with van der Waals surface area (Å²) in [6, 6.07) is 28.8. The number of nitrogens with two attached hydrogens (primary N) is 3. The van der Waals surface area contributed by atoms with Crippen LogP contribution in [-0.2, 0) is 66.3 Å². The van der Waals surface area contributed by atoms with E-state index in [-0.39, 0.29) is 226 Å². The predicted molar refractivity (Wildman–Crippen MR) is 361 cm³/mol. The number of fused-ring (bicyclic) bond motifs is 2. The summed E-state index contributed by atoms with van der Waals surface area (Å²) in [5, 5.41) is 35.4. The number of para-hydroxylation sites is 2. The molecule has 3 saturated carbocycles. The van der Waals surface area contributed by atoms with E-state index in [1.54, 1.807) is 78.9 Å². The van der Waals surface area contributed by atoms with Gasteiger partial charge in [0.25, 0.3) is 18.3 Å².